The molecule has 0 amide bonds. The Labute approximate surface area is 201 Å². The summed E-state index contributed by atoms with van der Waals surface area (Å²) in [6.45, 7) is 3.75. The highest BCUT2D eigenvalue weighted by Crippen LogP contribution is 2.09. The van der Waals surface area contributed by atoms with Gasteiger partial charge in [0.2, 0.25) is 0 Å². The van der Waals surface area contributed by atoms with Crippen LogP contribution in [0.15, 0.2) is 82.8 Å². The van der Waals surface area contributed by atoms with E-state index in [-0.39, 0.29) is 0 Å². The van der Waals surface area contributed by atoms with Crippen LogP contribution >= 0.6 is 0 Å². The lowest BCUT2D eigenvalue weighted by Crippen LogP contribution is -2.30. The highest BCUT2D eigenvalue weighted by Gasteiger charge is 2.07. The van der Waals surface area contributed by atoms with Gasteiger partial charge in [-0.25, -0.2) is 0 Å². The van der Waals surface area contributed by atoms with Crippen molar-refractivity contribution >= 4 is 11.7 Å². The predicted octanol–water partition coefficient (Wildman–Crippen LogP) is 3.97. The highest BCUT2D eigenvalue weighted by atomic mass is 15.0. The van der Waals surface area contributed by atoms with Crippen molar-refractivity contribution < 1.29 is 0 Å². The molecule has 4 heteroatoms. The van der Waals surface area contributed by atoms with Gasteiger partial charge < -0.3 is 10.6 Å². The van der Waals surface area contributed by atoms with Crippen LogP contribution in [0.5, 0.6) is 0 Å². The zero-order chi connectivity index (χ0) is 23.0. The van der Waals surface area contributed by atoms with E-state index in [1.54, 1.807) is 0 Å². The molecular formula is C30H26N4. The third-order valence-corrected chi connectivity index (χ3v) is 5.68. The first kappa shape index (κ1) is 21.6. The average molecular weight is 443 g/mol. The third-order valence-electron chi connectivity index (χ3n) is 5.68. The van der Waals surface area contributed by atoms with Crippen molar-refractivity contribution in [2.45, 2.75) is 12.8 Å². The summed E-state index contributed by atoms with van der Waals surface area (Å²) in [6, 6.07) is 24.5. The topological polar surface area (TPSA) is 48.8 Å². The SMILES string of the molecule is C(#Cc1cccc(C#Cc2ccc(C3=NCCCN3)cc2)c1)c1ccc(C2=NCCCN2)cc1. The molecule has 2 N–H and O–H groups in total. The minimum absolute atomic E-state index is 0.891. The van der Waals surface area contributed by atoms with Crippen LogP contribution in [0.25, 0.3) is 0 Å². The second kappa shape index (κ2) is 10.6. The number of rotatable bonds is 2. The van der Waals surface area contributed by atoms with Crippen LogP contribution in [0.1, 0.15) is 46.2 Å². The Morgan fingerprint density at radius 1 is 0.529 bits per heavy atom. The van der Waals surface area contributed by atoms with E-state index in [0.29, 0.717) is 0 Å². The zero-order valence-corrected chi connectivity index (χ0v) is 19.1. The van der Waals surface area contributed by atoms with Crippen LogP contribution in [-0.2, 0) is 0 Å². The monoisotopic (exact) mass is 442 g/mol. The summed E-state index contributed by atoms with van der Waals surface area (Å²) in [5.41, 5.74) is 6.08. The fourth-order valence-electron chi connectivity index (χ4n) is 3.84. The fraction of sp³-hybridized carbons (Fsp3) is 0.200. The molecule has 5 rings (SSSR count). The molecule has 0 spiro atoms. The van der Waals surface area contributed by atoms with E-state index >= 15 is 0 Å². The van der Waals surface area contributed by atoms with Crippen molar-refractivity contribution in [1.82, 2.24) is 10.6 Å². The molecule has 0 atom stereocenters. The summed E-state index contributed by atoms with van der Waals surface area (Å²) in [5, 5.41) is 6.71. The lowest BCUT2D eigenvalue weighted by molar-refractivity contribution is 0.742. The molecule has 2 aliphatic rings. The Bertz CT molecular complexity index is 1240. The van der Waals surface area contributed by atoms with Gasteiger partial charge in [0.1, 0.15) is 11.7 Å². The van der Waals surface area contributed by atoms with Crippen LogP contribution in [0.4, 0.5) is 0 Å². The lowest BCUT2D eigenvalue weighted by Gasteiger charge is -2.14. The Hall–Kier alpha value is -4.28. The fourth-order valence-corrected chi connectivity index (χ4v) is 3.84. The Morgan fingerprint density at radius 2 is 0.971 bits per heavy atom. The molecule has 2 heterocycles. The van der Waals surface area contributed by atoms with Gasteiger partial charge in [0, 0.05) is 59.6 Å². The standard InChI is InChI=1S/C30H26N4/c1-4-25(8-6-23-10-14-27(15-11-23)29-31-18-2-19-32-29)22-26(5-1)9-7-24-12-16-28(17-13-24)30-33-20-3-21-34-30/h1,4-5,10-17,22H,2-3,18-21H2,(H,31,32)(H,33,34). The maximum atomic E-state index is 4.55. The number of benzene rings is 3. The van der Waals surface area contributed by atoms with Gasteiger partial charge >= 0.3 is 0 Å². The summed E-state index contributed by atoms with van der Waals surface area (Å²) in [4.78, 5) is 9.09. The second-order valence-corrected chi connectivity index (χ2v) is 8.26. The van der Waals surface area contributed by atoms with Gasteiger partial charge in [-0.05, 0) is 55.3 Å². The van der Waals surface area contributed by atoms with Crippen molar-refractivity contribution in [2.75, 3.05) is 26.2 Å². The molecule has 0 aromatic heterocycles. The molecule has 4 nitrogen and oxygen atoms in total. The maximum Gasteiger partial charge on any atom is 0.128 e. The van der Waals surface area contributed by atoms with E-state index in [4.69, 9.17) is 0 Å². The molecule has 3 aromatic carbocycles. The third kappa shape index (κ3) is 5.55. The molecule has 0 fully saturated rings. The predicted molar refractivity (Wildman–Crippen MR) is 139 cm³/mol. The average Bonchev–Trinajstić information content (AvgIpc) is 2.93. The normalized spacial score (nSPS) is 14.7. The van der Waals surface area contributed by atoms with Crippen LogP contribution in [0.3, 0.4) is 0 Å². The first-order chi connectivity index (χ1) is 16.8. The van der Waals surface area contributed by atoms with E-state index < -0.39 is 0 Å². The first-order valence-corrected chi connectivity index (χ1v) is 11.8. The number of amidine groups is 2. The minimum Gasteiger partial charge on any atom is -0.370 e. The number of nitrogens with zero attached hydrogens (tertiary/aromatic N) is 2. The summed E-state index contributed by atoms with van der Waals surface area (Å²) in [6.07, 6.45) is 2.19. The van der Waals surface area contributed by atoms with Crippen molar-refractivity contribution in [1.29, 1.82) is 0 Å². The minimum atomic E-state index is 0.891. The first-order valence-electron chi connectivity index (χ1n) is 11.8. The van der Waals surface area contributed by atoms with E-state index in [0.717, 1.165) is 84.1 Å². The lowest BCUT2D eigenvalue weighted by atomic mass is 10.1. The van der Waals surface area contributed by atoms with Gasteiger partial charge in [0.25, 0.3) is 0 Å². The maximum absolute atomic E-state index is 4.55. The molecule has 34 heavy (non-hydrogen) atoms. The van der Waals surface area contributed by atoms with Crippen LogP contribution in [-0.4, -0.2) is 37.9 Å². The van der Waals surface area contributed by atoms with Crippen molar-refractivity contribution in [3.8, 4) is 23.7 Å². The van der Waals surface area contributed by atoms with E-state index in [1.165, 1.54) is 0 Å². The van der Waals surface area contributed by atoms with Crippen molar-refractivity contribution in [2.24, 2.45) is 9.98 Å². The molecule has 0 radical (unpaired) electrons. The number of hydrogen-bond acceptors (Lipinski definition) is 4. The summed E-state index contributed by atoms with van der Waals surface area (Å²) in [5.74, 6) is 15.0. The summed E-state index contributed by atoms with van der Waals surface area (Å²) < 4.78 is 0. The molecule has 3 aromatic rings. The smallest absolute Gasteiger partial charge is 0.128 e. The summed E-state index contributed by atoms with van der Waals surface area (Å²) in [7, 11) is 0. The van der Waals surface area contributed by atoms with Crippen LogP contribution in [0.2, 0.25) is 0 Å². The molecule has 0 unspecified atom stereocenters. The number of hydrogen-bond donors (Lipinski definition) is 2. The molecular weight excluding hydrogens is 416 g/mol. The van der Waals surface area contributed by atoms with Gasteiger partial charge in [-0.2, -0.15) is 0 Å². The molecule has 0 bridgehead atoms. The number of nitrogens with one attached hydrogen (secondary N) is 2. The molecule has 0 saturated carbocycles. The molecule has 2 aliphatic heterocycles. The van der Waals surface area contributed by atoms with Gasteiger partial charge in [0.15, 0.2) is 0 Å². The Morgan fingerprint density at radius 3 is 1.38 bits per heavy atom. The van der Waals surface area contributed by atoms with Gasteiger partial charge in [-0.3, -0.25) is 9.98 Å². The zero-order valence-electron chi connectivity index (χ0n) is 19.1. The second-order valence-electron chi connectivity index (χ2n) is 8.26. The highest BCUT2D eigenvalue weighted by molar-refractivity contribution is 5.99. The van der Waals surface area contributed by atoms with Crippen LogP contribution in [0, 0.1) is 23.7 Å². The molecule has 0 saturated heterocycles. The van der Waals surface area contributed by atoms with Gasteiger partial charge in [-0.15, -0.1) is 0 Å². The van der Waals surface area contributed by atoms with Crippen molar-refractivity contribution in [3.05, 3.63) is 106 Å². The van der Waals surface area contributed by atoms with E-state index in [2.05, 4.69) is 68.6 Å². The molecule has 0 aliphatic carbocycles. The van der Waals surface area contributed by atoms with Crippen LogP contribution < -0.4 is 10.6 Å². The summed E-state index contributed by atoms with van der Waals surface area (Å²) >= 11 is 0. The van der Waals surface area contributed by atoms with Crippen molar-refractivity contribution in [3.63, 3.8) is 0 Å². The van der Waals surface area contributed by atoms with E-state index in [1.807, 2.05) is 48.5 Å². The Balaban J connectivity index is 1.26. The quantitative estimate of drug-likeness (QED) is 0.590. The van der Waals surface area contributed by atoms with Gasteiger partial charge in [0.05, 0.1) is 0 Å². The Kier molecular flexibility index (Phi) is 6.69. The largest absolute Gasteiger partial charge is 0.370 e. The molecule has 166 valence electrons. The van der Waals surface area contributed by atoms with E-state index in [9.17, 15) is 0 Å². The number of aliphatic imine (C=N–C) groups is 2. The van der Waals surface area contributed by atoms with Gasteiger partial charge in [-0.1, -0.05) is 54.0 Å².